The van der Waals surface area contributed by atoms with Crippen LogP contribution in [0.3, 0.4) is 0 Å². The fraction of sp³-hybridized carbons (Fsp3) is 0.227. The van der Waals surface area contributed by atoms with Crippen LogP contribution in [0.4, 0.5) is 14.5 Å². The first-order chi connectivity index (χ1) is 14.6. The van der Waals surface area contributed by atoms with Crippen LogP contribution in [0.5, 0.6) is 0 Å². The quantitative estimate of drug-likeness (QED) is 0.518. The first kappa shape index (κ1) is 22.6. The molecule has 0 aliphatic carbocycles. The molecule has 2 aromatic carbocycles. The summed E-state index contributed by atoms with van der Waals surface area (Å²) in [6.45, 7) is 1.30. The molecule has 0 bridgehead atoms. The van der Waals surface area contributed by atoms with Gasteiger partial charge in [-0.1, -0.05) is 29.8 Å². The summed E-state index contributed by atoms with van der Waals surface area (Å²) in [7, 11) is -2.26. The van der Waals surface area contributed by atoms with Crippen LogP contribution in [0.25, 0.3) is 0 Å². The van der Waals surface area contributed by atoms with Gasteiger partial charge in [0, 0.05) is 30.3 Å². The van der Waals surface area contributed by atoms with Gasteiger partial charge in [0.05, 0.1) is 23.7 Å². The molecule has 0 radical (unpaired) electrons. The predicted molar refractivity (Wildman–Crippen MR) is 114 cm³/mol. The first-order valence-electron chi connectivity index (χ1n) is 9.46. The summed E-state index contributed by atoms with van der Waals surface area (Å²) >= 11 is 0. The fourth-order valence-electron chi connectivity index (χ4n) is 3.17. The maximum Gasteiger partial charge on any atom is 0.234 e. The van der Waals surface area contributed by atoms with Crippen LogP contribution in [0.1, 0.15) is 32.9 Å². The number of nitrogens with one attached hydrogen (secondary N) is 1. The number of aryl methyl sites for hydroxylation is 1. The minimum Gasteiger partial charge on any atom is -0.395 e. The Balaban J connectivity index is 1.85. The Labute approximate surface area is 179 Å². The van der Waals surface area contributed by atoms with Gasteiger partial charge in [0.25, 0.3) is 0 Å². The maximum absolute atomic E-state index is 14.6. The molecule has 0 atom stereocenters. The van der Waals surface area contributed by atoms with E-state index in [0.29, 0.717) is 17.0 Å². The predicted octanol–water partition coefficient (Wildman–Crippen LogP) is 3.17. The van der Waals surface area contributed by atoms with Crippen LogP contribution in [0.2, 0.25) is 0 Å². The molecule has 0 amide bonds. The maximum atomic E-state index is 14.6. The van der Waals surface area contributed by atoms with E-state index in [0.717, 1.165) is 17.7 Å². The molecule has 1 heterocycles. The highest BCUT2D eigenvalue weighted by Gasteiger charge is 2.19. The van der Waals surface area contributed by atoms with Gasteiger partial charge in [-0.2, -0.15) is 0 Å². The number of sulfonamides is 1. The van der Waals surface area contributed by atoms with Gasteiger partial charge in [0.2, 0.25) is 15.8 Å². The number of benzene rings is 2. The van der Waals surface area contributed by atoms with E-state index in [4.69, 9.17) is 5.11 Å². The van der Waals surface area contributed by atoms with E-state index in [9.17, 15) is 22.0 Å². The van der Waals surface area contributed by atoms with Gasteiger partial charge in [0.1, 0.15) is 11.6 Å². The van der Waals surface area contributed by atoms with Crippen molar-refractivity contribution in [2.75, 3.05) is 17.1 Å². The number of aromatic nitrogens is 1. The van der Waals surface area contributed by atoms with Gasteiger partial charge in [-0.25, -0.2) is 17.2 Å². The minimum absolute atomic E-state index is 0.126. The molecule has 1 aromatic heterocycles. The number of anilines is 1. The van der Waals surface area contributed by atoms with E-state index in [-0.39, 0.29) is 23.5 Å². The summed E-state index contributed by atoms with van der Waals surface area (Å²) < 4.78 is 56.1. The highest BCUT2D eigenvalue weighted by molar-refractivity contribution is 7.92. The molecule has 6 nitrogen and oxygen atoms in total. The number of halogens is 2. The van der Waals surface area contributed by atoms with Crippen LogP contribution in [-0.4, -0.2) is 36.2 Å². The fourth-order valence-corrected chi connectivity index (χ4v) is 3.99. The highest BCUT2D eigenvalue weighted by Crippen LogP contribution is 2.24. The monoisotopic (exact) mass is 448 g/mol. The Morgan fingerprint density at radius 1 is 1.06 bits per heavy atom. The van der Waals surface area contributed by atoms with Gasteiger partial charge in [-0.3, -0.25) is 9.52 Å². The average Bonchev–Trinajstić information content (AvgIpc) is 3.04. The molecule has 3 aromatic rings. The van der Waals surface area contributed by atoms with Crippen molar-refractivity contribution in [3.05, 3.63) is 88.2 Å². The molecule has 164 valence electrons. The number of aliphatic hydroxyl groups excluding tert-OH is 1. The molecule has 0 fully saturated rings. The first-order valence-corrected chi connectivity index (χ1v) is 11.1. The zero-order chi connectivity index (χ0) is 22.8. The van der Waals surface area contributed by atoms with Crippen LogP contribution in [0.15, 0.2) is 48.5 Å². The van der Waals surface area contributed by atoms with Gasteiger partial charge in [-0.15, -0.1) is 0 Å². The lowest BCUT2D eigenvalue weighted by atomic mass is 10.1. The van der Waals surface area contributed by atoms with Crippen molar-refractivity contribution in [2.24, 2.45) is 7.05 Å². The van der Waals surface area contributed by atoms with E-state index in [1.807, 2.05) is 23.8 Å². The second-order valence-electron chi connectivity index (χ2n) is 7.20. The van der Waals surface area contributed by atoms with Gasteiger partial charge >= 0.3 is 0 Å². The van der Waals surface area contributed by atoms with Gasteiger partial charge in [0.15, 0.2) is 0 Å². The third-order valence-corrected chi connectivity index (χ3v) is 6.17. The highest BCUT2D eigenvalue weighted by atomic mass is 32.2. The normalized spacial score (nSPS) is 11.5. The molecule has 3 rings (SSSR count). The zero-order valence-corrected chi connectivity index (χ0v) is 17.8. The lowest BCUT2D eigenvalue weighted by molar-refractivity contribution is 0.103. The van der Waals surface area contributed by atoms with Crippen molar-refractivity contribution < 1.29 is 27.1 Å². The molecule has 0 saturated heterocycles. The smallest absolute Gasteiger partial charge is 0.234 e. The lowest BCUT2D eigenvalue weighted by Crippen LogP contribution is -2.19. The summed E-state index contributed by atoms with van der Waals surface area (Å²) in [4.78, 5) is 12.8. The summed E-state index contributed by atoms with van der Waals surface area (Å²) in [6, 6.07) is 12.1. The van der Waals surface area contributed by atoms with Crippen LogP contribution >= 0.6 is 0 Å². The van der Waals surface area contributed by atoms with Crippen molar-refractivity contribution in [1.82, 2.24) is 4.57 Å². The number of carbonyl (C=O) groups excluding carboxylic acids is 1. The largest absolute Gasteiger partial charge is 0.395 e. The summed E-state index contributed by atoms with van der Waals surface area (Å²) in [5.74, 6) is -2.63. The third kappa shape index (κ3) is 5.18. The summed E-state index contributed by atoms with van der Waals surface area (Å²) in [5, 5.41) is 8.76. The Kier molecular flexibility index (Phi) is 6.56. The van der Waals surface area contributed by atoms with E-state index in [1.54, 1.807) is 35.9 Å². The average molecular weight is 448 g/mol. The number of carbonyl (C=O) groups is 1. The Morgan fingerprint density at radius 3 is 2.26 bits per heavy atom. The summed E-state index contributed by atoms with van der Waals surface area (Å²) in [6.07, 6.45) is -0.126. The standard InChI is InChI=1S/C22H22F2N2O4S/c1-14-3-5-15(6-4-14)22(28)21-8-7-17(26(21)2)13-18-19(23)11-16(12-20(18)24)25-31(29,30)10-9-27/h3-8,11-12,25,27H,9-10,13H2,1-2H3. The topological polar surface area (TPSA) is 88.4 Å². The molecule has 9 heteroatoms. The van der Waals surface area contributed by atoms with Crippen LogP contribution in [0, 0.1) is 18.6 Å². The number of hydrogen-bond acceptors (Lipinski definition) is 4. The molecule has 0 spiro atoms. The Bertz CT molecular complexity index is 1200. The van der Waals surface area contributed by atoms with Crippen LogP contribution < -0.4 is 4.72 Å². The van der Waals surface area contributed by atoms with Crippen molar-refractivity contribution in [1.29, 1.82) is 0 Å². The molecule has 0 saturated carbocycles. The zero-order valence-electron chi connectivity index (χ0n) is 17.0. The van der Waals surface area contributed by atoms with E-state index >= 15 is 0 Å². The van der Waals surface area contributed by atoms with Crippen molar-refractivity contribution in [3.8, 4) is 0 Å². The number of hydrogen-bond donors (Lipinski definition) is 2. The van der Waals surface area contributed by atoms with E-state index in [1.165, 1.54) is 0 Å². The van der Waals surface area contributed by atoms with Crippen molar-refractivity contribution in [3.63, 3.8) is 0 Å². The second-order valence-corrected chi connectivity index (χ2v) is 9.05. The van der Waals surface area contributed by atoms with Crippen molar-refractivity contribution in [2.45, 2.75) is 13.3 Å². The third-order valence-electron chi connectivity index (χ3n) is 4.90. The summed E-state index contributed by atoms with van der Waals surface area (Å²) in [5.41, 5.74) is 1.91. The molecule has 0 unspecified atom stereocenters. The van der Waals surface area contributed by atoms with Gasteiger partial charge in [-0.05, 0) is 31.2 Å². The van der Waals surface area contributed by atoms with Gasteiger partial charge < -0.3 is 9.67 Å². The van der Waals surface area contributed by atoms with E-state index in [2.05, 4.69) is 0 Å². The van der Waals surface area contributed by atoms with Crippen molar-refractivity contribution >= 4 is 21.5 Å². The number of aliphatic hydroxyl groups is 1. The SMILES string of the molecule is Cc1ccc(C(=O)c2ccc(Cc3c(F)cc(NS(=O)(=O)CCO)cc3F)n2C)cc1. The molecule has 0 aliphatic heterocycles. The second kappa shape index (κ2) is 8.99. The number of nitrogens with zero attached hydrogens (tertiary/aromatic N) is 1. The molecular formula is C22H22F2N2O4S. The molecule has 0 aliphatic rings. The molecule has 31 heavy (non-hydrogen) atoms. The molecular weight excluding hydrogens is 426 g/mol. The molecule has 2 N–H and O–H groups in total. The van der Waals surface area contributed by atoms with E-state index < -0.39 is 34.0 Å². The van der Waals surface area contributed by atoms with Crippen LogP contribution in [-0.2, 0) is 23.5 Å². The minimum atomic E-state index is -3.91. The Hall–Kier alpha value is -3.04. The number of ketones is 1. The number of rotatable bonds is 8. The Morgan fingerprint density at radius 2 is 1.68 bits per heavy atom. The lowest BCUT2D eigenvalue weighted by Gasteiger charge is -2.12.